The minimum atomic E-state index is -0.515. The van der Waals surface area contributed by atoms with E-state index in [0.717, 1.165) is 0 Å². The average Bonchev–Trinajstić information content (AvgIpc) is 2.41. The van der Waals surface area contributed by atoms with Gasteiger partial charge >= 0.3 is 0 Å². The van der Waals surface area contributed by atoms with E-state index in [1.165, 1.54) is 18.2 Å². The van der Waals surface area contributed by atoms with E-state index in [9.17, 15) is 15.2 Å². The molecule has 104 valence electrons. The first-order valence-corrected chi connectivity index (χ1v) is 6.39. The van der Waals surface area contributed by atoms with Gasteiger partial charge in [-0.05, 0) is 12.1 Å². The molecule has 0 unspecified atom stereocenters. The lowest BCUT2D eigenvalue weighted by molar-refractivity contribution is -0.384. The van der Waals surface area contributed by atoms with Crippen LogP contribution < -0.4 is 5.32 Å². The molecule has 0 radical (unpaired) electrons. The first-order chi connectivity index (χ1) is 9.49. The van der Waals surface area contributed by atoms with E-state index >= 15 is 0 Å². The van der Waals surface area contributed by atoms with Gasteiger partial charge in [-0.2, -0.15) is 0 Å². The number of phenols is 1. The molecule has 0 saturated heterocycles. The third-order valence-electron chi connectivity index (χ3n) is 2.70. The maximum Gasteiger partial charge on any atom is 0.271 e. The van der Waals surface area contributed by atoms with Crippen LogP contribution in [-0.2, 0) is 6.54 Å². The number of aromatic hydroxyl groups is 1. The van der Waals surface area contributed by atoms with Gasteiger partial charge in [-0.15, -0.1) is 0 Å². The highest BCUT2D eigenvalue weighted by Gasteiger charge is 2.10. The van der Waals surface area contributed by atoms with Crippen molar-refractivity contribution in [2.75, 3.05) is 5.32 Å². The molecule has 0 bridgehead atoms. The summed E-state index contributed by atoms with van der Waals surface area (Å²) in [4.78, 5) is 10.1. The van der Waals surface area contributed by atoms with Crippen molar-refractivity contribution >= 4 is 34.6 Å². The van der Waals surface area contributed by atoms with E-state index < -0.39 is 4.92 Å². The average molecular weight is 313 g/mol. The predicted octanol–water partition coefficient (Wildman–Crippen LogP) is 4.22. The third kappa shape index (κ3) is 3.12. The van der Waals surface area contributed by atoms with Crippen molar-refractivity contribution in [1.29, 1.82) is 0 Å². The summed E-state index contributed by atoms with van der Waals surface area (Å²) in [6, 6.07) is 9.15. The summed E-state index contributed by atoms with van der Waals surface area (Å²) in [6.45, 7) is 0.296. The van der Waals surface area contributed by atoms with Gasteiger partial charge in [0.05, 0.1) is 20.7 Å². The highest BCUT2D eigenvalue weighted by Crippen LogP contribution is 2.30. The molecule has 5 nitrogen and oxygen atoms in total. The van der Waals surface area contributed by atoms with Crippen molar-refractivity contribution in [2.24, 2.45) is 0 Å². The van der Waals surface area contributed by atoms with Gasteiger partial charge < -0.3 is 10.4 Å². The number of nitro groups is 1. The molecule has 0 aromatic heterocycles. The predicted molar refractivity (Wildman–Crippen MR) is 78.5 cm³/mol. The zero-order valence-corrected chi connectivity index (χ0v) is 11.6. The molecule has 0 spiro atoms. The standard InChI is InChI=1S/C13H10Cl2N2O3/c14-10-3-1-2-8(13(10)18)7-16-12-5-4-9(17(19)20)6-11(12)15/h1-6,16,18H,7H2. The van der Waals surface area contributed by atoms with E-state index in [1.54, 1.807) is 18.2 Å². The Morgan fingerprint density at radius 3 is 2.60 bits per heavy atom. The van der Waals surface area contributed by atoms with Crippen LogP contribution in [-0.4, -0.2) is 10.0 Å². The number of hydrogen-bond acceptors (Lipinski definition) is 4. The second kappa shape index (κ2) is 5.98. The van der Waals surface area contributed by atoms with Crippen molar-refractivity contribution in [1.82, 2.24) is 0 Å². The first-order valence-electron chi connectivity index (χ1n) is 5.63. The molecular formula is C13H10Cl2N2O3. The van der Waals surface area contributed by atoms with Gasteiger partial charge in [0, 0.05) is 24.2 Å². The topological polar surface area (TPSA) is 75.4 Å². The molecule has 7 heteroatoms. The minimum Gasteiger partial charge on any atom is -0.506 e. The van der Waals surface area contributed by atoms with E-state index in [0.29, 0.717) is 17.8 Å². The Labute approximate surface area is 124 Å². The van der Waals surface area contributed by atoms with E-state index in [-0.39, 0.29) is 21.5 Å². The van der Waals surface area contributed by atoms with E-state index in [1.807, 2.05) is 0 Å². The number of non-ortho nitro benzene ring substituents is 1. The minimum absolute atomic E-state index is 0.000277. The molecule has 0 heterocycles. The molecule has 0 aliphatic heterocycles. The number of benzene rings is 2. The van der Waals surface area contributed by atoms with Crippen molar-refractivity contribution in [3.05, 3.63) is 62.1 Å². The molecule has 2 aromatic rings. The summed E-state index contributed by atoms with van der Waals surface area (Å²) in [7, 11) is 0. The van der Waals surface area contributed by atoms with Gasteiger partial charge in [-0.3, -0.25) is 10.1 Å². The number of nitro benzene ring substituents is 1. The highest BCUT2D eigenvalue weighted by molar-refractivity contribution is 6.33. The van der Waals surface area contributed by atoms with Gasteiger partial charge in [0.1, 0.15) is 5.75 Å². The van der Waals surface area contributed by atoms with Crippen LogP contribution >= 0.6 is 23.2 Å². The van der Waals surface area contributed by atoms with Crippen LogP contribution in [0.3, 0.4) is 0 Å². The van der Waals surface area contributed by atoms with Crippen LogP contribution in [0.15, 0.2) is 36.4 Å². The molecule has 2 rings (SSSR count). The fourth-order valence-corrected chi connectivity index (χ4v) is 2.09. The fraction of sp³-hybridized carbons (Fsp3) is 0.0769. The number of hydrogen-bond donors (Lipinski definition) is 2. The van der Waals surface area contributed by atoms with Crippen molar-refractivity contribution < 1.29 is 10.0 Å². The van der Waals surface area contributed by atoms with Gasteiger partial charge in [0.2, 0.25) is 0 Å². The summed E-state index contributed by atoms with van der Waals surface area (Å²) in [5.74, 6) is -0.000277. The molecule has 0 amide bonds. The molecule has 2 aromatic carbocycles. The second-order valence-corrected chi connectivity index (χ2v) is 4.84. The van der Waals surface area contributed by atoms with Crippen molar-refractivity contribution in [3.63, 3.8) is 0 Å². The summed E-state index contributed by atoms with van der Waals surface area (Å²) < 4.78 is 0. The smallest absolute Gasteiger partial charge is 0.271 e. The Kier molecular flexibility index (Phi) is 4.32. The van der Waals surface area contributed by atoms with Crippen LogP contribution in [0.1, 0.15) is 5.56 Å². The van der Waals surface area contributed by atoms with Gasteiger partial charge in [-0.25, -0.2) is 0 Å². The molecule has 20 heavy (non-hydrogen) atoms. The Balaban J connectivity index is 2.15. The van der Waals surface area contributed by atoms with Crippen LogP contribution in [0.4, 0.5) is 11.4 Å². The Bertz CT molecular complexity index is 662. The van der Waals surface area contributed by atoms with Gasteiger partial charge in [-0.1, -0.05) is 35.3 Å². The summed E-state index contributed by atoms with van der Waals surface area (Å²) in [6.07, 6.45) is 0. The number of para-hydroxylation sites is 1. The number of nitrogens with one attached hydrogen (secondary N) is 1. The second-order valence-electron chi connectivity index (χ2n) is 4.02. The Hall–Kier alpha value is -1.98. The maximum atomic E-state index is 10.6. The zero-order chi connectivity index (χ0) is 14.7. The maximum absolute atomic E-state index is 10.6. The van der Waals surface area contributed by atoms with Crippen LogP contribution in [0.25, 0.3) is 0 Å². The van der Waals surface area contributed by atoms with Crippen LogP contribution in [0, 0.1) is 10.1 Å². The zero-order valence-electron chi connectivity index (χ0n) is 10.1. The van der Waals surface area contributed by atoms with Gasteiger partial charge in [0.15, 0.2) is 0 Å². The molecule has 0 aliphatic rings. The number of nitrogens with zero attached hydrogens (tertiary/aromatic N) is 1. The number of phenolic OH excluding ortho intramolecular Hbond substituents is 1. The molecule has 2 N–H and O–H groups in total. The number of halogens is 2. The number of rotatable bonds is 4. The summed E-state index contributed by atoms with van der Waals surface area (Å²) >= 11 is 11.8. The molecule has 0 aliphatic carbocycles. The SMILES string of the molecule is O=[N+]([O-])c1ccc(NCc2cccc(Cl)c2O)c(Cl)c1. The third-order valence-corrected chi connectivity index (χ3v) is 3.32. The van der Waals surface area contributed by atoms with Crippen LogP contribution in [0.5, 0.6) is 5.75 Å². The largest absolute Gasteiger partial charge is 0.506 e. The monoisotopic (exact) mass is 312 g/mol. The molecule has 0 saturated carbocycles. The Morgan fingerprint density at radius 1 is 1.20 bits per heavy atom. The van der Waals surface area contributed by atoms with E-state index in [2.05, 4.69) is 5.32 Å². The first kappa shape index (κ1) is 14.4. The lowest BCUT2D eigenvalue weighted by Crippen LogP contribution is -2.01. The summed E-state index contributed by atoms with van der Waals surface area (Å²) in [5.41, 5.74) is 1.06. The quantitative estimate of drug-likeness (QED) is 0.654. The molecule has 0 fully saturated rings. The number of anilines is 1. The van der Waals surface area contributed by atoms with Crippen LogP contribution in [0.2, 0.25) is 10.0 Å². The Morgan fingerprint density at radius 2 is 1.95 bits per heavy atom. The lowest BCUT2D eigenvalue weighted by Gasteiger charge is -2.10. The van der Waals surface area contributed by atoms with Gasteiger partial charge in [0.25, 0.3) is 5.69 Å². The molecular weight excluding hydrogens is 303 g/mol. The summed E-state index contributed by atoms with van der Waals surface area (Å²) in [5, 5.41) is 23.9. The molecule has 0 atom stereocenters. The van der Waals surface area contributed by atoms with Crippen molar-refractivity contribution in [3.8, 4) is 5.75 Å². The normalized spacial score (nSPS) is 10.3. The fourth-order valence-electron chi connectivity index (χ4n) is 1.65. The van der Waals surface area contributed by atoms with Crippen molar-refractivity contribution in [2.45, 2.75) is 6.54 Å². The highest BCUT2D eigenvalue weighted by atomic mass is 35.5. The lowest BCUT2D eigenvalue weighted by atomic mass is 10.2. The van der Waals surface area contributed by atoms with E-state index in [4.69, 9.17) is 23.2 Å².